The molecular weight excluding hydrogens is 248 g/mol. The zero-order valence-corrected chi connectivity index (χ0v) is 11.4. The summed E-state index contributed by atoms with van der Waals surface area (Å²) in [5.41, 5.74) is 1.48. The van der Waals surface area contributed by atoms with Crippen LogP contribution in [-0.4, -0.2) is 0 Å². The zero-order chi connectivity index (χ0) is 14.5. The van der Waals surface area contributed by atoms with Gasteiger partial charge in [-0.2, -0.15) is 0 Å². The van der Waals surface area contributed by atoms with Crippen molar-refractivity contribution in [3.63, 3.8) is 0 Å². The number of para-hydroxylation sites is 1. The Kier molecular flexibility index (Phi) is 4.03. The van der Waals surface area contributed by atoms with Gasteiger partial charge in [0.1, 0.15) is 11.5 Å². The predicted octanol–water partition coefficient (Wildman–Crippen LogP) is 4.33. The zero-order valence-electron chi connectivity index (χ0n) is 11.4. The fourth-order valence-corrected chi connectivity index (χ4v) is 1.87. The van der Waals surface area contributed by atoms with Crippen LogP contribution < -0.4 is 4.74 Å². The molecule has 1 heterocycles. The number of rotatable bonds is 2. The molecule has 2 rings (SSSR count). The molecule has 0 fully saturated rings. The van der Waals surface area contributed by atoms with Crippen LogP contribution in [0.3, 0.4) is 0 Å². The molecule has 1 aliphatic rings. The summed E-state index contributed by atoms with van der Waals surface area (Å²) in [6, 6.07) is 9.38. The smallest absolute Gasteiger partial charge is 0.269 e. The summed E-state index contributed by atoms with van der Waals surface area (Å²) >= 11 is 0. The summed E-state index contributed by atoms with van der Waals surface area (Å²) in [7, 11) is 0. The molecule has 1 aliphatic heterocycles. The second-order valence-corrected chi connectivity index (χ2v) is 4.73. The number of allylic oxidation sites excluding steroid dienone is 5. The molecule has 0 aromatic heterocycles. The third-order valence-electron chi connectivity index (χ3n) is 2.81. The number of hydrogen-bond donors (Lipinski definition) is 0. The van der Waals surface area contributed by atoms with Gasteiger partial charge in [-0.15, -0.1) is 0 Å². The van der Waals surface area contributed by atoms with Gasteiger partial charge in [-0.3, -0.25) is 0 Å². The molecule has 0 amide bonds. The van der Waals surface area contributed by atoms with Gasteiger partial charge in [0.2, 0.25) is 0 Å². The van der Waals surface area contributed by atoms with E-state index >= 15 is 0 Å². The van der Waals surface area contributed by atoms with E-state index in [0.29, 0.717) is 23.0 Å². The minimum atomic E-state index is 0.0798. The monoisotopic (exact) mass is 262 g/mol. The highest BCUT2D eigenvalue weighted by atomic mass is 16.5. The van der Waals surface area contributed by atoms with E-state index in [1.165, 1.54) is 0 Å². The maximum absolute atomic E-state index is 9.10. The Morgan fingerprint density at radius 2 is 2.15 bits per heavy atom. The predicted molar refractivity (Wildman–Crippen MR) is 78.3 cm³/mol. The minimum Gasteiger partial charge on any atom is -0.457 e. The Morgan fingerprint density at radius 1 is 1.40 bits per heavy atom. The lowest BCUT2D eigenvalue weighted by molar-refractivity contribution is 0.438. The summed E-state index contributed by atoms with van der Waals surface area (Å²) < 4.78 is 5.78. The van der Waals surface area contributed by atoms with E-state index in [4.69, 9.17) is 16.6 Å². The highest BCUT2D eigenvalue weighted by Gasteiger charge is 2.18. The number of nitriles is 1. The van der Waals surface area contributed by atoms with Crippen molar-refractivity contribution in [2.45, 2.75) is 13.8 Å². The third kappa shape index (κ3) is 2.79. The van der Waals surface area contributed by atoms with Crippen molar-refractivity contribution in [3.8, 4) is 11.8 Å². The topological polar surface area (TPSA) is 37.4 Å². The Balaban J connectivity index is 2.56. The molecule has 0 bridgehead atoms. The summed E-state index contributed by atoms with van der Waals surface area (Å²) in [5.74, 6) is 1.72. The third-order valence-corrected chi connectivity index (χ3v) is 2.81. The summed E-state index contributed by atoms with van der Waals surface area (Å²) in [6.07, 6.45) is 5.64. The first kappa shape index (κ1) is 13.6. The molecule has 1 aromatic rings. The average molecular weight is 262 g/mol. The van der Waals surface area contributed by atoms with Crippen molar-refractivity contribution in [2.24, 2.45) is 5.92 Å². The molecule has 0 unspecified atom stereocenters. The van der Waals surface area contributed by atoms with Gasteiger partial charge < -0.3 is 4.74 Å². The molecule has 20 heavy (non-hydrogen) atoms. The van der Waals surface area contributed by atoms with E-state index in [1.807, 2.05) is 42.5 Å². The van der Waals surface area contributed by atoms with Crippen LogP contribution in [0.25, 0.3) is 10.4 Å². The summed E-state index contributed by atoms with van der Waals surface area (Å²) in [5, 5.41) is 9.10. The van der Waals surface area contributed by atoms with Crippen molar-refractivity contribution in [1.82, 2.24) is 0 Å². The van der Waals surface area contributed by atoms with Crippen LogP contribution in [0.2, 0.25) is 0 Å². The lowest BCUT2D eigenvalue weighted by atomic mass is 9.99. The number of benzene rings is 1. The molecule has 0 saturated heterocycles. The Hall–Kier alpha value is -2.78. The van der Waals surface area contributed by atoms with Crippen LogP contribution >= 0.6 is 0 Å². The largest absolute Gasteiger partial charge is 0.457 e. The molecule has 0 atom stereocenters. The van der Waals surface area contributed by atoms with E-state index in [2.05, 4.69) is 18.7 Å². The Bertz CT molecular complexity index is 678. The molecule has 3 nitrogen and oxygen atoms in total. The minimum absolute atomic E-state index is 0.0798. The Labute approximate surface area is 118 Å². The highest BCUT2D eigenvalue weighted by Crippen LogP contribution is 2.35. The van der Waals surface area contributed by atoms with Crippen molar-refractivity contribution < 1.29 is 4.74 Å². The number of fused-ring (bicyclic) bond motifs is 1. The maximum Gasteiger partial charge on any atom is 0.269 e. The summed E-state index contributed by atoms with van der Waals surface area (Å²) in [4.78, 5) is 3.30. The van der Waals surface area contributed by atoms with Crippen LogP contribution in [-0.2, 0) is 0 Å². The van der Waals surface area contributed by atoms with Crippen LogP contribution in [0.1, 0.15) is 19.4 Å². The van der Waals surface area contributed by atoms with Gasteiger partial charge in [-0.25, -0.2) is 10.1 Å². The second kappa shape index (κ2) is 5.91. The number of hydrogen-bond acceptors (Lipinski definition) is 2. The van der Waals surface area contributed by atoms with Crippen molar-refractivity contribution in [1.29, 1.82) is 5.26 Å². The summed E-state index contributed by atoms with van der Waals surface area (Å²) in [6.45, 7) is 11.3. The molecule has 0 N–H and O–H groups in total. The molecule has 0 aliphatic carbocycles. The van der Waals surface area contributed by atoms with Gasteiger partial charge in [-0.1, -0.05) is 38.1 Å². The fourth-order valence-electron chi connectivity index (χ4n) is 1.87. The average Bonchev–Trinajstić information content (AvgIpc) is 2.46. The van der Waals surface area contributed by atoms with Crippen LogP contribution in [0, 0.1) is 23.8 Å². The van der Waals surface area contributed by atoms with Crippen molar-refractivity contribution >= 4 is 5.57 Å². The van der Waals surface area contributed by atoms with E-state index in [9.17, 15) is 0 Å². The van der Waals surface area contributed by atoms with Crippen LogP contribution in [0.4, 0.5) is 0 Å². The van der Waals surface area contributed by atoms with Gasteiger partial charge in [0.05, 0.1) is 12.6 Å². The maximum atomic E-state index is 9.10. The highest BCUT2D eigenvalue weighted by molar-refractivity contribution is 5.85. The lowest BCUT2D eigenvalue weighted by Gasteiger charge is -2.18. The fraction of sp³-hybridized carbons (Fsp3) is 0.176. The standard InChI is InChI=1S/C17H14N2O/c1-12(2)8-9-13-10-15(16(11-18)19-3)14-6-4-5-7-17(14)20-13/h4-10,12H,1-2H3/b9-8+,16-15+. The SMILES string of the molecule is [C-]#[N+]/C(C#N)=C1C=C(/C=C/C(C)C)Oc2ccccc2\1. The number of ether oxygens (including phenoxy) is 1. The van der Waals surface area contributed by atoms with Gasteiger partial charge >= 0.3 is 0 Å². The van der Waals surface area contributed by atoms with Gasteiger partial charge in [0, 0.05) is 11.1 Å². The Morgan fingerprint density at radius 3 is 2.80 bits per heavy atom. The van der Waals surface area contributed by atoms with Crippen molar-refractivity contribution in [2.75, 3.05) is 0 Å². The molecule has 1 aromatic carbocycles. The normalized spacial score (nSPS) is 15.9. The lowest BCUT2D eigenvalue weighted by Crippen LogP contribution is -2.03. The first-order valence-corrected chi connectivity index (χ1v) is 6.34. The molecule has 0 radical (unpaired) electrons. The van der Waals surface area contributed by atoms with E-state index in [0.717, 1.165) is 5.56 Å². The van der Waals surface area contributed by atoms with Gasteiger partial charge in [0.15, 0.2) is 0 Å². The first-order valence-electron chi connectivity index (χ1n) is 6.34. The molecular formula is C17H14N2O. The first-order chi connectivity index (χ1) is 9.65. The van der Waals surface area contributed by atoms with E-state index < -0.39 is 0 Å². The van der Waals surface area contributed by atoms with E-state index in [1.54, 1.807) is 6.08 Å². The molecule has 98 valence electrons. The van der Waals surface area contributed by atoms with Gasteiger partial charge in [-0.05, 0) is 24.1 Å². The van der Waals surface area contributed by atoms with Crippen molar-refractivity contribution in [3.05, 3.63) is 70.9 Å². The molecule has 0 spiro atoms. The second-order valence-electron chi connectivity index (χ2n) is 4.73. The van der Waals surface area contributed by atoms with E-state index in [-0.39, 0.29) is 5.70 Å². The molecule has 3 heteroatoms. The van der Waals surface area contributed by atoms with Crippen LogP contribution in [0.15, 0.2) is 53.9 Å². The van der Waals surface area contributed by atoms with Crippen LogP contribution in [0.5, 0.6) is 5.75 Å². The number of nitrogens with zero attached hydrogens (tertiary/aromatic N) is 2. The quantitative estimate of drug-likeness (QED) is 0.587. The molecule has 0 saturated carbocycles. The van der Waals surface area contributed by atoms with Gasteiger partial charge in [0.25, 0.3) is 5.70 Å².